The first-order chi connectivity index (χ1) is 20.9. The SMILES string of the molecule is Cc1cc(=O)oc2c3c(ccc12)S[C@H](C)[C@H](OC(=O)[C@]12CC[C@](C)(C(=O)O1)C2(C)C)[C@@H]3OC(=O)[C@]12CC[C@](C)(C(=O)O1)C2(C)C. The molecular weight excluding hydrogens is 600 g/mol. The molecule has 4 bridgehead atoms. The predicted molar refractivity (Wildman–Crippen MR) is 161 cm³/mol. The van der Waals surface area contributed by atoms with E-state index in [2.05, 4.69) is 0 Å². The summed E-state index contributed by atoms with van der Waals surface area (Å²) in [5, 5.41) is 0.216. The number of esters is 4. The Morgan fingerprint density at radius 3 is 1.84 bits per heavy atom. The zero-order valence-electron chi connectivity index (χ0n) is 26.8. The van der Waals surface area contributed by atoms with Crippen molar-refractivity contribution < 1.29 is 42.5 Å². The number of hydrogen-bond acceptors (Lipinski definition) is 11. The number of ether oxygens (including phenoxy) is 4. The lowest BCUT2D eigenvalue weighted by Gasteiger charge is -2.41. The van der Waals surface area contributed by atoms with Crippen LogP contribution < -0.4 is 5.63 Å². The molecule has 2 aromatic rings. The lowest BCUT2D eigenvalue weighted by molar-refractivity contribution is -0.202. The van der Waals surface area contributed by atoms with Crippen LogP contribution in [0.4, 0.5) is 0 Å². The number of benzene rings is 1. The Balaban J connectivity index is 1.34. The van der Waals surface area contributed by atoms with Crippen LogP contribution in [0.15, 0.2) is 32.3 Å². The van der Waals surface area contributed by atoms with Gasteiger partial charge in [0.2, 0.25) is 11.2 Å². The number of thioether (sulfide) groups is 1. The van der Waals surface area contributed by atoms with Gasteiger partial charge in [0, 0.05) is 32.4 Å². The molecular formula is C34H38O10S. The molecule has 5 aliphatic rings. The molecule has 3 aliphatic heterocycles. The Morgan fingerprint density at radius 1 is 0.822 bits per heavy atom. The lowest BCUT2D eigenvalue weighted by Crippen LogP contribution is -2.53. The van der Waals surface area contributed by atoms with Crippen molar-refractivity contribution in [1.29, 1.82) is 0 Å². The van der Waals surface area contributed by atoms with Crippen LogP contribution in [0.25, 0.3) is 11.0 Å². The van der Waals surface area contributed by atoms with Gasteiger partial charge in [-0.2, -0.15) is 0 Å². The molecule has 0 unspecified atom stereocenters. The molecule has 7 atom stereocenters. The molecule has 4 heterocycles. The molecule has 2 saturated carbocycles. The van der Waals surface area contributed by atoms with Gasteiger partial charge in [-0.15, -0.1) is 11.8 Å². The fourth-order valence-corrected chi connectivity index (χ4v) is 9.77. The van der Waals surface area contributed by atoms with Gasteiger partial charge in [0.25, 0.3) is 0 Å². The average Bonchev–Trinajstić information content (AvgIpc) is 3.42. The molecule has 2 saturated heterocycles. The summed E-state index contributed by atoms with van der Waals surface area (Å²) >= 11 is 1.40. The molecule has 1 aromatic heterocycles. The molecule has 45 heavy (non-hydrogen) atoms. The van der Waals surface area contributed by atoms with E-state index in [0.29, 0.717) is 40.7 Å². The number of carbonyl (C=O) groups is 4. The van der Waals surface area contributed by atoms with E-state index in [-0.39, 0.29) is 12.0 Å². The fraction of sp³-hybridized carbons (Fsp3) is 0.618. The molecule has 240 valence electrons. The summed E-state index contributed by atoms with van der Waals surface area (Å²) in [5.41, 5.74) is -5.77. The third-order valence-electron chi connectivity index (χ3n) is 12.8. The Labute approximate surface area is 264 Å². The second kappa shape index (κ2) is 8.92. The van der Waals surface area contributed by atoms with Crippen LogP contribution in [-0.4, -0.2) is 46.4 Å². The van der Waals surface area contributed by atoms with Gasteiger partial charge in [-0.1, -0.05) is 27.7 Å². The minimum Gasteiger partial charge on any atom is -0.454 e. The number of carbonyl (C=O) groups excluding carboxylic acids is 4. The Morgan fingerprint density at radius 2 is 1.36 bits per heavy atom. The van der Waals surface area contributed by atoms with Crippen molar-refractivity contribution in [2.75, 3.05) is 0 Å². The normalized spacial score (nSPS) is 38.5. The molecule has 1 aromatic carbocycles. The average molecular weight is 639 g/mol. The Kier molecular flexibility index (Phi) is 6.01. The molecule has 7 rings (SSSR count). The number of fused-ring (bicyclic) bond motifs is 7. The number of rotatable bonds is 4. The van der Waals surface area contributed by atoms with Crippen molar-refractivity contribution in [1.82, 2.24) is 0 Å². The smallest absolute Gasteiger partial charge is 0.351 e. The van der Waals surface area contributed by atoms with Crippen molar-refractivity contribution in [3.05, 3.63) is 39.7 Å². The summed E-state index contributed by atoms with van der Waals surface area (Å²) in [5.74, 6) is -2.34. The third-order valence-corrected chi connectivity index (χ3v) is 14.0. The second-order valence-electron chi connectivity index (χ2n) is 15.0. The highest BCUT2D eigenvalue weighted by Crippen LogP contribution is 2.67. The van der Waals surface area contributed by atoms with Gasteiger partial charge in [0.15, 0.2) is 12.2 Å². The first-order valence-electron chi connectivity index (χ1n) is 15.5. The molecule has 2 aliphatic carbocycles. The van der Waals surface area contributed by atoms with Crippen molar-refractivity contribution in [3.8, 4) is 0 Å². The van der Waals surface area contributed by atoms with E-state index in [4.69, 9.17) is 23.4 Å². The predicted octanol–water partition coefficient (Wildman–Crippen LogP) is 5.34. The molecule has 11 heteroatoms. The first-order valence-corrected chi connectivity index (χ1v) is 16.4. The highest BCUT2D eigenvalue weighted by atomic mass is 32.2. The summed E-state index contributed by atoms with van der Waals surface area (Å²) in [6, 6.07) is 5.11. The van der Waals surface area contributed by atoms with Crippen LogP contribution in [0, 0.1) is 28.6 Å². The molecule has 0 radical (unpaired) electrons. The molecule has 10 nitrogen and oxygen atoms in total. The fourth-order valence-electron chi connectivity index (χ4n) is 8.55. The topological polar surface area (TPSA) is 135 Å². The van der Waals surface area contributed by atoms with Crippen LogP contribution in [0.3, 0.4) is 0 Å². The van der Waals surface area contributed by atoms with E-state index in [1.807, 2.05) is 53.7 Å². The standard InChI is InChI=1S/C34H38O10S/c1-16-15-20(35)40-23-18(16)9-10-19-21(23)24(42-28(39)34-14-12-32(8,26(37)44-34)30(34,5)6)22(17(2)45-19)41-27(38)33-13-11-31(7,25(36)43-33)29(33,3)4/h9-10,15,17,22,24H,11-14H2,1-8H3/t17-,22+,24-,31-,32-,33+,34+/m1/s1. The highest BCUT2D eigenvalue weighted by Gasteiger charge is 2.78. The molecule has 0 spiro atoms. The van der Waals surface area contributed by atoms with E-state index in [0.717, 1.165) is 0 Å². The van der Waals surface area contributed by atoms with Crippen molar-refractivity contribution in [2.45, 2.75) is 115 Å². The first kappa shape index (κ1) is 30.3. The number of hydrogen-bond donors (Lipinski definition) is 0. The van der Waals surface area contributed by atoms with E-state index >= 15 is 0 Å². The van der Waals surface area contributed by atoms with Crippen molar-refractivity contribution in [2.24, 2.45) is 21.7 Å². The van der Waals surface area contributed by atoms with Gasteiger partial charge in [0.05, 0.1) is 16.4 Å². The van der Waals surface area contributed by atoms with Crippen LogP contribution in [0.5, 0.6) is 0 Å². The maximum Gasteiger partial charge on any atom is 0.351 e. The van der Waals surface area contributed by atoms with Gasteiger partial charge in [-0.25, -0.2) is 14.4 Å². The summed E-state index contributed by atoms with van der Waals surface area (Å²) in [4.78, 5) is 67.9. The van der Waals surface area contributed by atoms with Gasteiger partial charge < -0.3 is 23.4 Å². The Bertz CT molecular complexity index is 1790. The quantitative estimate of drug-likeness (QED) is 0.244. The summed E-state index contributed by atoms with van der Waals surface area (Å²) in [7, 11) is 0. The van der Waals surface area contributed by atoms with Gasteiger partial charge in [-0.05, 0) is 71.1 Å². The van der Waals surface area contributed by atoms with Gasteiger partial charge in [-0.3, -0.25) is 9.59 Å². The second-order valence-corrected chi connectivity index (χ2v) is 16.4. The minimum atomic E-state index is -1.54. The largest absolute Gasteiger partial charge is 0.454 e. The summed E-state index contributed by atoms with van der Waals surface area (Å²) in [6.45, 7) is 14.6. The summed E-state index contributed by atoms with van der Waals surface area (Å²) in [6.07, 6.45) is -0.762. The molecule has 0 N–H and O–H groups in total. The van der Waals surface area contributed by atoms with Crippen LogP contribution in [-0.2, 0) is 38.1 Å². The van der Waals surface area contributed by atoms with Crippen LogP contribution >= 0.6 is 11.8 Å². The van der Waals surface area contributed by atoms with E-state index in [9.17, 15) is 24.0 Å². The molecule has 0 amide bonds. The maximum atomic E-state index is 14.4. The maximum absolute atomic E-state index is 14.4. The zero-order valence-corrected chi connectivity index (χ0v) is 27.6. The molecule has 4 fully saturated rings. The van der Waals surface area contributed by atoms with Gasteiger partial charge in [0.1, 0.15) is 5.58 Å². The van der Waals surface area contributed by atoms with Crippen LogP contribution in [0.2, 0.25) is 0 Å². The van der Waals surface area contributed by atoms with Crippen LogP contribution in [0.1, 0.15) is 91.4 Å². The van der Waals surface area contributed by atoms with Crippen molar-refractivity contribution >= 4 is 46.6 Å². The minimum absolute atomic E-state index is 0.228. The van der Waals surface area contributed by atoms with Crippen molar-refractivity contribution in [3.63, 3.8) is 0 Å². The Hall–Kier alpha value is -3.34. The van der Waals surface area contributed by atoms with E-state index < -0.39 is 79.8 Å². The third kappa shape index (κ3) is 3.40. The van der Waals surface area contributed by atoms with E-state index in [1.165, 1.54) is 17.8 Å². The summed E-state index contributed by atoms with van der Waals surface area (Å²) < 4.78 is 30.1. The highest BCUT2D eigenvalue weighted by molar-refractivity contribution is 8.00. The number of aryl methyl sites for hydroxylation is 1. The van der Waals surface area contributed by atoms with E-state index in [1.54, 1.807) is 13.8 Å². The van der Waals surface area contributed by atoms with Gasteiger partial charge >= 0.3 is 29.5 Å². The zero-order chi connectivity index (χ0) is 32.7. The monoisotopic (exact) mass is 638 g/mol. The lowest BCUT2D eigenvalue weighted by atomic mass is 9.66.